The highest BCUT2D eigenvalue weighted by molar-refractivity contribution is 5.61. The summed E-state index contributed by atoms with van der Waals surface area (Å²) in [6.45, 7) is 8.22. The van der Waals surface area contributed by atoms with Gasteiger partial charge in [-0.25, -0.2) is 4.98 Å². The van der Waals surface area contributed by atoms with Gasteiger partial charge in [-0.05, 0) is 32.3 Å². The van der Waals surface area contributed by atoms with E-state index >= 15 is 0 Å². The molecule has 0 aliphatic rings. The van der Waals surface area contributed by atoms with E-state index in [-0.39, 0.29) is 6.04 Å². The van der Waals surface area contributed by atoms with Crippen molar-refractivity contribution in [1.82, 2.24) is 9.97 Å². The Morgan fingerprint density at radius 1 is 1.39 bits per heavy atom. The van der Waals surface area contributed by atoms with E-state index in [1.807, 2.05) is 26.1 Å². The molecule has 0 aromatic carbocycles. The lowest BCUT2D eigenvalue weighted by Gasteiger charge is -2.10. The number of nitrogens with zero attached hydrogens (tertiary/aromatic N) is 1. The highest BCUT2D eigenvalue weighted by Gasteiger charge is 2.15. The van der Waals surface area contributed by atoms with Crippen molar-refractivity contribution >= 4 is 0 Å². The van der Waals surface area contributed by atoms with Crippen LogP contribution >= 0.6 is 0 Å². The molecule has 0 saturated carbocycles. The van der Waals surface area contributed by atoms with Gasteiger partial charge < -0.3 is 15.1 Å². The van der Waals surface area contributed by atoms with Crippen molar-refractivity contribution < 1.29 is 4.42 Å². The molecule has 2 aromatic heterocycles. The second kappa shape index (κ2) is 4.98. The third kappa shape index (κ3) is 2.64. The van der Waals surface area contributed by atoms with Crippen molar-refractivity contribution in [3.8, 4) is 11.3 Å². The number of furan rings is 1. The highest BCUT2D eigenvalue weighted by Crippen LogP contribution is 2.26. The molecule has 18 heavy (non-hydrogen) atoms. The van der Waals surface area contributed by atoms with Crippen LogP contribution in [0.2, 0.25) is 0 Å². The molecule has 0 amide bonds. The first kappa shape index (κ1) is 12.9. The van der Waals surface area contributed by atoms with Crippen LogP contribution in [-0.4, -0.2) is 9.97 Å². The van der Waals surface area contributed by atoms with E-state index in [4.69, 9.17) is 10.2 Å². The Labute approximate surface area is 108 Å². The van der Waals surface area contributed by atoms with Gasteiger partial charge >= 0.3 is 0 Å². The Kier molecular flexibility index (Phi) is 3.57. The zero-order chi connectivity index (χ0) is 13.3. The molecule has 1 atom stereocenters. The number of aryl methyl sites for hydroxylation is 2. The Hall–Kier alpha value is -1.55. The molecule has 4 heteroatoms. The lowest BCUT2D eigenvalue weighted by atomic mass is 10.0. The molecule has 2 aromatic rings. The van der Waals surface area contributed by atoms with Gasteiger partial charge in [0.25, 0.3) is 0 Å². The van der Waals surface area contributed by atoms with Crippen LogP contribution in [0.25, 0.3) is 11.3 Å². The summed E-state index contributed by atoms with van der Waals surface area (Å²) in [5, 5.41) is 0. The Bertz CT molecular complexity index is 525. The van der Waals surface area contributed by atoms with E-state index in [1.54, 1.807) is 0 Å². The first-order valence-electron chi connectivity index (χ1n) is 6.35. The molecule has 3 N–H and O–H groups in total. The van der Waals surface area contributed by atoms with Crippen LogP contribution in [0.4, 0.5) is 0 Å². The first-order valence-corrected chi connectivity index (χ1v) is 6.35. The monoisotopic (exact) mass is 247 g/mol. The third-order valence-electron chi connectivity index (χ3n) is 3.00. The zero-order valence-corrected chi connectivity index (χ0v) is 11.4. The van der Waals surface area contributed by atoms with Crippen LogP contribution in [0.5, 0.6) is 0 Å². The van der Waals surface area contributed by atoms with E-state index < -0.39 is 0 Å². The molecule has 4 nitrogen and oxygen atoms in total. The first-order chi connectivity index (χ1) is 8.47. The number of aromatic nitrogens is 2. The fourth-order valence-electron chi connectivity index (χ4n) is 2.18. The number of hydrogen-bond acceptors (Lipinski definition) is 3. The lowest BCUT2D eigenvalue weighted by molar-refractivity contribution is 0.495. The maximum Gasteiger partial charge on any atom is 0.123 e. The minimum absolute atomic E-state index is 0.0351. The van der Waals surface area contributed by atoms with Gasteiger partial charge in [-0.1, -0.05) is 13.8 Å². The largest absolute Gasteiger partial charge is 0.466 e. The van der Waals surface area contributed by atoms with Crippen LogP contribution in [0.3, 0.4) is 0 Å². The smallest absolute Gasteiger partial charge is 0.123 e. The van der Waals surface area contributed by atoms with Gasteiger partial charge in [0.1, 0.15) is 17.3 Å². The third-order valence-corrected chi connectivity index (χ3v) is 3.00. The minimum Gasteiger partial charge on any atom is -0.466 e. The SMILES string of the molecule is Cc1cc(-c2cnc(C(N)CC(C)C)[nH]2)c(C)o1. The summed E-state index contributed by atoms with van der Waals surface area (Å²) in [7, 11) is 0. The molecule has 0 spiro atoms. The van der Waals surface area contributed by atoms with Crippen molar-refractivity contribution in [1.29, 1.82) is 0 Å². The Balaban J connectivity index is 2.22. The van der Waals surface area contributed by atoms with Crippen molar-refractivity contribution in [3.05, 3.63) is 29.6 Å². The number of aromatic amines is 1. The van der Waals surface area contributed by atoms with Gasteiger partial charge in [-0.15, -0.1) is 0 Å². The Morgan fingerprint density at radius 2 is 2.11 bits per heavy atom. The van der Waals surface area contributed by atoms with E-state index in [2.05, 4.69) is 23.8 Å². The molecule has 2 heterocycles. The standard InChI is InChI=1S/C14H21N3O/c1-8(2)5-12(15)14-16-7-13(17-14)11-6-9(3)18-10(11)4/h6-8,12H,5,15H2,1-4H3,(H,16,17). The van der Waals surface area contributed by atoms with Crippen LogP contribution in [0, 0.1) is 19.8 Å². The predicted octanol–water partition coefficient (Wildman–Crippen LogP) is 3.33. The molecule has 98 valence electrons. The number of rotatable bonds is 4. The van der Waals surface area contributed by atoms with E-state index in [0.29, 0.717) is 5.92 Å². The summed E-state index contributed by atoms with van der Waals surface area (Å²) in [4.78, 5) is 7.67. The molecular weight excluding hydrogens is 226 g/mol. The topological polar surface area (TPSA) is 67.8 Å². The maximum atomic E-state index is 6.11. The summed E-state index contributed by atoms with van der Waals surface area (Å²) in [5.41, 5.74) is 8.14. The summed E-state index contributed by atoms with van der Waals surface area (Å²) < 4.78 is 5.52. The van der Waals surface area contributed by atoms with Gasteiger partial charge in [-0.3, -0.25) is 0 Å². The molecular formula is C14H21N3O. The zero-order valence-electron chi connectivity index (χ0n) is 11.4. The van der Waals surface area contributed by atoms with Crippen LogP contribution in [0.1, 0.15) is 43.7 Å². The normalized spacial score (nSPS) is 13.2. The summed E-state index contributed by atoms with van der Waals surface area (Å²) in [6, 6.07) is 1.98. The van der Waals surface area contributed by atoms with Crippen molar-refractivity contribution in [2.24, 2.45) is 11.7 Å². The van der Waals surface area contributed by atoms with Gasteiger partial charge in [0.05, 0.1) is 17.9 Å². The van der Waals surface area contributed by atoms with E-state index in [1.165, 1.54) is 0 Å². The average Bonchev–Trinajstić information content (AvgIpc) is 2.83. The van der Waals surface area contributed by atoms with Crippen LogP contribution in [0.15, 0.2) is 16.7 Å². The molecule has 0 saturated heterocycles. The fraction of sp³-hybridized carbons (Fsp3) is 0.500. The highest BCUT2D eigenvalue weighted by atomic mass is 16.3. The molecule has 0 bridgehead atoms. The van der Waals surface area contributed by atoms with Crippen molar-refractivity contribution in [3.63, 3.8) is 0 Å². The number of H-pyrrole nitrogens is 1. The van der Waals surface area contributed by atoms with Crippen molar-refractivity contribution in [2.45, 2.75) is 40.2 Å². The van der Waals surface area contributed by atoms with Gasteiger partial charge in [-0.2, -0.15) is 0 Å². The van der Waals surface area contributed by atoms with Gasteiger partial charge in [0, 0.05) is 5.56 Å². The number of nitrogens with two attached hydrogens (primary N) is 1. The lowest BCUT2D eigenvalue weighted by Crippen LogP contribution is -2.14. The second-order valence-corrected chi connectivity index (χ2v) is 5.25. The number of nitrogens with one attached hydrogen (secondary N) is 1. The number of imidazole rings is 1. The molecule has 0 aliphatic heterocycles. The number of hydrogen-bond donors (Lipinski definition) is 2. The van der Waals surface area contributed by atoms with Gasteiger partial charge in [0.15, 0.2) is 0 Å². The molecule has 0 fully saturated rings. The molecule has 2 rings (SSSR count). The van der Waals surface area contributed by atoms with Crippen molar-refractivity contribution in [2.75, 3.05) is 0 Å². The molecule has 0 radical (unpaired) electrons. The predicted molar refractivity (Wildman–Crippen MR) is 72.1 cm³/mol. The Morgan fingerprint density at radius 3 is 2.67 bits per heavy atom. The van der Waals surface area contributed by atoms with E-state index in [9.17, 15) is 0 Å². The second-order valence-electron chi connectivity index (χ2n) is 5.25. The molecule has 1 unspecified atom stereocenters. The van der Waals surface area contributed by atoms with E-state index in [0.717, 1.165) is 35.0 Å². The summed E-state index contributed by atoms with van der Waals surface area (Å²) in [6.07, 6.45) is 2.75. The maximum absolute atomic E-state index is 6.11. The fourth-order valence-corrected chi connectivity index (χ4v) is 2.18. The van der Waals surface area contributed by atoms with Crippen LogP contribution < -0.4 is 5.73 Å². The summed E-state index contributed by atoms with van der Waals surface area (Å²) in [5.74, 6) is 3.22. The average molecular weight is 247 g/mol. The summed E-state index contributed by atoms with van der Waals surface area (Å²) >= 11 is 0. The van der Waals surface area contributed by atoms with Gasteiger partial charge in [0.2, 0.25) is 0 Å². The van der Waals surface area contributed by atoms with Crippen LogP contribution in [-0.2, 0) is 0 Å². The quantitative estimate of drug-likeness (QED) is 0.870. The minimum atomic E-state index is -0.0351. The molecule has 0 aliphatic carbocycles.